The van der Waals surface area contributed by atoms with Gasteiger partial charge in [-0.2, -0.15) is 0 Å². The summed E-state index contributed by atoms with van der Waals surface area (Å²) in [5.74, 6) is 1.24. The smallest absolute Gasteiger partial charge is 0.407 e. The van der Waals surface area contributed by atoms with Gasteiger partial charge in [-0.1, -0.05) is 81.4 Å². The molecule has 2 atom stereocenters. The first-order valence-corrected chi connectivity index (χ1v) is 12.1. The monoisotopic (exact) mass is 465 g/mol. The van der Waals surface area contributed by atoms with E-state index in [1.54, 1.807) is 11.7 Å². The van der Waals surface area contributed by atoms with E-state index in [1.165, 1.54) is 22.8 Å². The number of hydrogen-bond acceptors (Lipinski definition) is 5. The van der Waals surface area contributed by atoms with Crippen molar-refractivity contribution in [3.05, 3.63) is 94.3 Å². The number of aliphatic hydroxyl groups is 1. The van der Waals surface area contributed by atoms with Gasteiger partial charge in [0.05, 0.1) is 22.5 Å². The Morgan fingerprint density at radius 1 is 1.06 bits per heavy atom. The standard InChI is InChI=1S/C27H33N2O3S/c1-27(2,3)22(14-20-10-6-4-7-11-20)16-25(30)24(15-21-12-8-5-9-13-21)29-26(31)32-18-23-17-28-19-33-23/h4-13,17,19,24-25,30H,14-16,18H2,1-3H3,(H,29,31). The van der Waals surface area contributed by atoms with Crippen LogP contribution < -0.4 is 5.32 Å². The molecule has 1 aromatic heterocycles. The van der Waals surface area contributed by atoms with Crippen LogP contribution >= 0.6 is 11.3 Å². The van der Waals surface area contributed by atoms with Gasteiger partial charge in [-0.25, -0.2) is 4.79 Å². The van der Waals surface area contributed by atoms with E-state index in [1.807, 2.05) is 48.5 Å². The number of rotatable bonds is 10. The number of amides is 1. The molecule has 0 fully saturated rings. The largest absolute Gasteiger partial charge is 0.444 e. The fourth-order valence-corrected chi connectivity index (χ4v) is 4.18. The van der Waals surface area contributed by atoms with Gasteiger partial charge in [0.2, 0.25) is 0 Å². The number of ether oxygens (including phenoxy) is 1. The highest BCUT2D eigenvalue weighted by atomic mass is 32.1. The van der Waals surface area contributed by atoms with Crippen LogP contribution in [0, 0.1) is 11.3 Å². The number of aliphatic hydroxyl groups excluding tert-OH is 1. The minimum Gasteiger partial charge on any atom is -0.444 e. The van der Waals surface area contributed by atoms with Crippen molar-refractivity contribution in [3.8, 4) is 0 Å². The summed E-state index contributed by atoms with van der Waals surface area (Å²) in [6, 6.07) is 19.7. The molecule has 0 saturated carbocycles. The fourth-order valence-electron chi connectivity index (χ4n) is 3.67. The predicted molar refractivity (Wildman–Crippen MR) is 133 cm³/mol. The molecule has 3 rings (SSSR count). The van der Waals surface area contributed by atoms with Crippen LogP contribution in [-0.4, -0.2) is 28.3 Å². The lowest BCUT2D eigenvalue weighted by Crippen LogP contribution is -2.46. The van der Waals surface area contributed by atoms with Crippen LogP contribution in [0.4, 0.5) is 4.79 Å². The Labute approximate surface area is 200 Å². The zero-order chi connectivity index (χ0) is 23.7. The maximum Gasteiger partial charge on any atom is 0.407 e. The second-order valence-corrected chi connectivity index (χ2v) is 10.2. The molecular formula is C27H33N2O3S. The van der Waals surface area contributed by atoms with Gasteiger partial charge in [-0.15, -0.1) is 11.3 Å². The molecule has 6 heteroatoms. The Hall–Kier alpha value is -2.70. The minimum absolute atomic E-state index is 0.0825. The van der Waals surface area contributed by atoms with E-state index in [4.69, 9.17) is 4.74 Å². The van der Waals surface area contributed by atoms with E-state index in [0.29, 0.717) is 12.8 Å². The van der Waals surface area contributed by atoms with Gasteiger partial charge >= 0.3 is 6.09 Å². The lowest BCUT2D eigenvalue weighted by Gasteiger charge is -2.34. The molecule has 2 unspecified atom stereocenters. The molecule has 3 aromatic rings. The molecule has 1 amide bonds. The van der Waals surface area contributed by atoms with Crippen molar-refractivity contribution in [1.82, 2.24) is 10.3 Å². The lowest BCUT2D eigenvalue weighted by molar-refractivity contribution is 0.0935. The lowest BCUT2D eigenvalue weighted by atomic mass is 9.73. The zero-order valence-electron chi connectivity index (χ0n) is 19.5. The summed E-state index contributed by atoms with van der Waals surface area (Å²) < 4.78 is 5.38. The van der Waals surface area contributed by atoms with Gasteiger partial charge in [0.1, 0.15) is 6.61 Å². The van der Waals surface area contributed by atoms with Crippen molar-refractivity contribution in [1.29, 1.82) is 0 Å². The third-order valence-corrected chi connectivity index (χ3v) is 6.42. The highest BCUT2D eigenvalue weighted by Gasteiger charge is 2.32. The topological polar surface area (TPSA) is 71.5 Å². The van der Waals surface area contributed by atoms with Gasteiger partial charge < -0.3 is 15.2 Å². The van der Waals surface area contributed by atoms with E-state index in [9.17, 15) is 9.90 Å². The first-order valence-electron chi connectivity index (χ1n) is 11.2. The number of aromatic nitrogens is 1. The Morgan fingerprint density at radius 3 is 2.27 bits per heavy atom. The molecule has 2 aromatic carbocycles. The van der Waals surface area contributed by atoms with Crippen molar-refractivity contribution in [3.63, 3.8) is 0 Å². The number of nitrogens with zero attached hydrogens (tertiary/aromatic N) is 1. The van der Waals surface area contributed by atoms with Gasteiger partial charge in [-0.05, 0) is 41.7 Å². The zero-order valence-corrected chi connectivity index (χ0v) is 20.3. The highest BCUT2D eigenvalue weighted by molar-refractivity contribution is 7.09. The van der Waals surface area contributed by atoms with Gasteiger partial charge in [0.25, 0.3) is 0 Å². The Bertz CT molecular complexity index is 956. The summed E-state index contributed by atoms with van der Waals surface area (Å²) in [6.45, 7) is 6.67. The Morgan fingerprint density at radius 2 is 1.70 bits per heavy atom. The molecule has 175 valence electrons. The van der Waals surface area contributed by atoms with Crippen LogP contribution in [0.3, 0.4) is 0 Å². The van der Waals surface area contributed by atoms with Crippen molar-refractivity contribution in [2.24, 2.45) is 5.41 Å². The van der Waals surface area contributed by atoms with Crippen LogP contribution in [0.1, 0.15) is 43.2 Å². The summed E-state index contributed by atoms with van der Waals surface area (Å²) in [5.41, 5.74) is 3.88. The highest BCUT2D eigenvalue weighted by Crippen LogP contribution is 2.35. The van der Waals surface area contributed by atoms with E-state index >= 15 is 0 Å². The second kappa shape index (κ2) is 12.0. The van der Waals surface area contributed by atoms with Crippen molar-refractivity contribution >= 4 is 17.4 Å². The number of benzene rings is 2. The average Bonchev–Trinajstić information content (AvgIpc) is 3.31. The molecule has 0 saturated heterocycles. The van der Waals surface area contributed by atoms with Crippen LogP contribution in [-0.2, 0) is 24.2 Å². The van der Waals surface area contributed by atoms with Crippen LogP contribution in [0.25, 0.3) is 0 Å². The summed E-state index contributed by atoms with van der Waals surface area (Å²) in [7, 11) is 0. The Balaban J connectivity index is 1.70. The van der Waals surface area contributed by atoms with Gasteiger partial charge in [0.15, 0.2) is 0 Å². The summed E-state index contributed by atoms with van der Waals surface area (Å²) in [5, 5.41) is 14.2. The molecule has 0 bridgehead atoms. The van der Waals surface area contributed by atoms with Crippen molar-refractivity contribution in [2.45, 2.75) is 58.8 Å². The molecule has 0 aliphatic carbocycles. The summed E-state index contributed by atoms with van der Waals surface area (Å²) >= 11 is 1.44. The third-order valence-electron chi connectivity index (χ3n) is 5.67. The molecule has 5 nitrogen and oxygen atoms in total. The number of thiazole rings is 1. The van der Waals surface area contributed by atoms with Gasteiger partial charge in [0, 0.05) is 6.20 Å². The van der Waals surface area contributed by atoms with Crippen molar-refractivity contribution in [2.75, 3.05) is 0 Å². The number of alkyl carbamates (subject to hydrolysis) is 1. The molecule has 33 heavy (non-hydrogen) atoms. The maximum atomic E-state index is 12.6. The fraction of sp³-hybridized carbons (Fsp3) is 0.370. The normalized spacial score (nSPS) is 13.5. The van der Waals surface area contributed by atoms with E-state index in [2.05, 4.69) is 43.2 Å². The van der Waals surface area contributed by atoms with Gasteiger partial charge in [-0.3, -0.25) is 4.98 Å². The first-order chi connectivity index (χ1) is 15.8. The third kappa shape index (κ3) is 8.30. The number of carbonyl (C=O) groups excluding carboxylic acids is 1. The maximum absolute atomic E-state index is 12.6. The summed E-state index contributed by atoms with van der Waals surface area (Å²) in [6.07, 6.45) is 2.19. The van der Waals surface area contributed by atoms with E-state index in [0.717, 1.165) is 16.9 Å². The molecule has 0 aliphatic heterocycles. The van der Waals surface area contributed by atoms with E-state index < -0.39 is 18.2 Å². The number of carbonyl (C=O) groups is 1. The quantitative estimate of drug-likeness (QED) is 0.409. The second-order valence-electron chi connectivity index (χ2n) is 9.27. The van der Waals surface area contributed by atoms with Crippen LogP contribution in [0.15, 0.2) is 72.4 Å². The molecule has 1 heterocycles. The van der Waals surface area contributed by atoms with Crippen LogP contribution in [0.5, 0.6) is 0 Å². The molecule has 1 radical (unpaired) electrons. The molecule has 0 aliphatic rings. The number of nitrogens with one attached hydrogen (secondary N) is 1. The molecule has 0 spiro atoms. The number of hydrogen-bond donors (Lipinski definition) is 2. The van der Waals surface area contributed by atoms with E-state index in [-0.39, 0.29) is 12.0 Å². The SMILES string of the molecule is CC(C)(C)[C](Cc1ccccc1)CC(O)C(Cc1ccccc1)NC(=O)OCc1cncs1. The van der Waals surface area contributed by atoms with Crippen molar-refractivity contribution < 1.29 is 14.6 Å². The first kappa shape index (κ1) is 24.9. The average molecular weight is 466 g/mol. The van der Waals surface area contributed by atoms with Crippen LogP contribution in [0.2, 0.25) is 0 Å². The predicted octanol–water partition coefficient (Wildman–Crippen LogP) is 5.59. The minimum atomic E-state index is -0.751. The molecular weight excluding hydrogens is 432 g/mol. The molecule has 2 N–H and O–H groups in total. The summed E-state index contributed by atoms with van der Waals surface area (Å²) in [4.78, 5) is 17.4. The Kier molecular flexibility index (Phi) is 9.03.